The number of methoxy groups -OCH3 is 1. The summed E-state index contributed by atoms with van der Waals surface area (Å²) in [6.45, 7) is 7.16. The van der Waals surface area contributed by atoms with Crippen LogP contribution in [0, 0.1) is 12.3 Å². The molecule has 6 heteroatoms. The second kappa shape index (κ2) is 6.79. The molecule has 5 nitrogen and oxygen atoms in total. The predicted octanol–water partition coefficient (Wildman–Crippen LogP) is 2.59. The smallest absolute Gasteiger partial charge is 0.312 e. The van der Waals surface area contributed by atoms with Gasteiger partial charge in [0.05, 0.1) is 17.4 Å². The summed E-state index contributed by atoms with van der Waals surface area (Å²) in [6, 6.07) is 6.18. The number of carbonyl (C=O) groups is 1. The molecule has 0 aliphatic carbocycles. The largest absolute Gasteiger partial charge is 0.469 e. The van der Waals surface area contributed by atoms with Crippen LogP contribution in [0.4, 0.5) is 0 Å². The van der Waals surface area contributed by atoms with Gasteiger partial charge in [-0.15, -0.1) is 0 Å². The van der Waals surface area contributed by atoms with Crippen molar-refractivity contribution in [3.8, 4) is 0 Å². The molecule has 1 rings (SSSR count). The lowest BCUT2D eigenvalue weighted by Crippen LogP contribution is -2.49. The van der Waals surface area contributed by atoms with Gasteiger partial charge in [-0.25, -0.2) is 8.42 Å². The minimum Gasteiger partial charge on any atom is -0.469 e. The van der Waals surface area contributed by atoms with Crippen molar-refractivity contribution in [1.82, 2.24) is 4.31 Å². The number of aryl methyl sites for hydroxylation is 1. The Morgan fingerprint density at radius 2 is 1.77 bits per heavy atom. The first kappa shape index (κ1) is 18.6. The van der Waals surface area contributed by atoms with E-state index in [1.165, 1.54) is 18.5 Å². The number of ether oxygens (including phenoxy) is 1. The molecule has 0 aliphatic heterocycles. The normalized spacial score (nSPS) is 14.0. The van der Waals surface area contributed by atoms with Crippen LogP contribution < -0.4 is 0 Å². The topological polar surface area (TPSA) is 63.7 Å². The van der Waals surface area contributed by atoms with Gasteiger partial charge in [-0.3, -0.25) is 4.79 Å². The van der Waals surface area contributed by atoms with Gasteiger partial charge in [-0.2, -0.15) is 4.31 Å². The molecule has 1 aromatic carbocycles. The summed E-state index contributed by atoms with van der Waals surface area (Å²) in [4.78, 5) is 12.2. The number of esters is 1. The Labute approximate surface area is 133 Å². The van der Waals surface area contributed by atoms with Gasteiger partial charge in [0.2, 0.25) is 10.0 Å². The van der Waals surface area contributed by atoms with Crippen molar-refractivity contribution in [3.05, 3.63) is 29.8 Å². The summed E-state index contributed by atoms with van der Waals surface area (Å²) in [7, 11) is -0.848. The Kier molecular flexibility index (Phi) is 5.76. The van der Waals surface area contributed by atoms with Gasteiger partial charge >= 0.3 is 5.97 Å². The average molecular weight is 327 g/mol. The average Bonchev–Trinajstić information content (AvgIpc) is 2.47. The van der Waals surface area contributed by atoms with Crippen LogP contribution in [0.15, 0.2) is 29.2 Å². The fraction of sp³-hybridized carbons (Fsp3) is 0.562. The third kappa shape index (κ3) is 3.50. The number of nitrogens with zero attached hydrogens (tertiary/aromatic N) is 1. The highest BCUT2D eigenvalue weighted by molar-refractivity contribution is 7.89. The molecule has 0 fully saturated rings. The maximum atomic E-state index is 12.8. The number of hydrogen-bond acceptors (Lipinski definition) is 4. The number of hydrogen-bond donors (Lipinski definition) is 0. The fourth-order valence-electron chi connectivity index (χ4n) is 2.67. The number of benzene rings is 1. The molecule has 1 atom stereocenters. The molecular formula is C16H25NO4S. The first-order valence-corrected chi connectivity index (χ1v) is 8.66. The molecule has 1 aromatic rings. The molecule has 0 heterocycles. The van der Waals surface area contributed by atoms with E-state index in [0.29, 0.717) is 6.42 Å². The Bertz CT molecular complexity index is 620. The minimum absolute atomic E-state index is 0.222. The van der Waals surface area contributed by atoms with E-state index in [4.69, 9.17) is 4.74 Å². The Hall–Kier alpha value is -1.40. The molecule has 0 aliphatic rings. The molecule has 22 heavy (non-hydrogen) atoms. The van der Waals surface area contributed by atoms with E-state index in [1.54, 1.807) is 38.1 Å². The van der Waals surface area contributed by atoms with E-state index in [-0.39, 0.29) is 4.90 Å². The highest BCUT2D eigenvalue weighted by atomic mass is 32.2. The summed E-state index contributed by atoms with van der Waals surface area (Å²) in [6.07, 6.45) is 0.504. The Balaban J connectivity index is 3.23. The van der Waals surface area contributed by atoms with E-state index in [2.05, 4.69) is 0 Å². The molecule has 0 N–H and O–H groups in total. The second-order valence-corrected chi connectivity index (χ2v) is 7.97. The van der Waals surface area contributed by atoms with Gasteiger partial charge in [0.15, 0.2) is 0 Å². The van der Waals surface area contributed by atoms with E-state index in [9.17, 15) is 13.2 Å². The zero-order valence-corrected chi connectivity index (χ0v) is 14.9. The van der Waals surface area contributed by atoms with E-state index in [1.807, 2.05) is 13.8 Å². The zero-order valence-electron chi connectivity index (χ0n) is 14.1. The maximum absolute atomic E-state index is 12.8. The second-order valence-electron chi connectivity index (χ2n) is 5.97. The van der Waals surface area contributed by atoms with Crippen LogP contribution in [0.3, 0.4) is 0 Å². The SMILES string of the molecule is CCC(N(C)S(=O)(=O)c1ccc(C)cc1)C(C)(C)C(=O)OC. The van der Waals surface area contributed by atoms with Crippen molar-refractivity contribution >= 4 is 16.0 Å². The highest BCUT2D eigenvalue weighted by Gasteiger charge is 2.43. The molecule has 0 spiro atoms. The van der Waals surface area contributed by atoms with Crippen LogP contribution in [0.5, 0.6) is 0 Å². The molecule has 0 saturated carbocycles. The van der Waals surface area contributed by atoms with E-state index in [0.717, 1.165) is 5.56 Å². The van der Waals surface area contributed by atoms with Crippen molar-refractivity contribution < 1.29 is 17.9 Å². The Morgan fingerprint density at radius 3 is 2.18 bits per heavy atom. The van der Waals surface area contributed by atoms with Crippen molar-refractivity contribution in [2.45, 2.75) is 45.1 Å². The van der Waals surface area contributed by atoms with Gasteiger partial charge in [0.25, 0.3) is 0 Å². The third-order valence-electron chi connectivity index (χ3n) is 4.07. The summed E-state index contributed by atoms with van der Waals surface area (Å²) in [5.74, 6) is -0.426. The van der Waals surface area contributed by atoms with Gasteiger partial charge in [0.1, 0.15) is 0 Å². The van der Waals surface area contributed by atoms with Crippen LogP contribution in [0.2, 0.25) is 0 Å². The lowest BCUT2D eigenvalue weighted by molar-refractivity contribution is -0.153. The zero-order chi connectivity index (χ0) is 17.1. The van der Waals surface area contributed by atoms with Crippen LogP contribution in [0.25, 0.3) is 0 Å². The van der Waals surface area contributed by atoms with E-state index < -0.39 is 27.4 Å². The van der Waals surface area contributed by atoms with Crippen molar-refractivity contribution in [3.63, 3.8) is 0 Å². The number of sulfonamides is 1. The van der Waals surface area contributed by atoms with Crippen LogP contribution in [-0.4, -0.2) is 38.9 Å². The lowest BCUT2D eigenvalue weighted by atomic mass is 9.83. The summed E-state index contributed by atoms with van der Waals surface area (Å²) >= 11 is 0. The van der Waals surface area contributed by atoms with Gasteiger partial charge in [-0.05, 0) is 39.3 Å². The first-order valence-electron chi connectivity index (χ1n) is 7.22. The summed E-state index contributed by atoms with van der Waals surface area (Å²) in [5, 5.41) is 0. The van der Waals surface area contributed by atoms with Crippen molar-refractivity contribution in [2.24, 2.45) is 5.41 Å². The lowest BCUT2D eigenvalue weighted by Gasteiger charge is -2.37. The first-order chi connectivity index (χ1) is 10.1. The molecule has 0 aromatic heterocycles. The van der Waals surface area contributed by atoms with Crippen molar-refractivity contribution in [1.29, 1.82) is 0 Å². The number of rotatable bonds is 6. The van der Waals surface area contributed by atoms with Crippen LogP contribution in [-0.2, 0) is 19.6 Å². The molecular weight excluding hydrogens is 302 g/mol. The maximum Gasteiger partial charge on any atom is 0.312 e. The van der Waals surface area contributed by atoms with Crippen LogP contribution >= 0.6 is 0 Å². The quantitative estimate of drug-likeness (QED) is 0.753. The third-order valence-corrected chi connectivity index (χ3v) is 5.95. The standard InChI is InChI=1S/C16H25NO4S/c1-7-14(16(3,4)15(18)21-6)17(5)22(19,20)13-10-8-12(2)9-11-13/h8-11,14H,7H2,1-6H3. The number of carbonyl (C=O) groups excluding carboxylic acids is 1. The van der Waals surface area contributed by atoms with Crippen LogP contribution in [0.1, 0.15) is 32.8 Å². The molecule has 0 bridgehead atoms. The summed E-state index contributed by atoms with van der Waals surface area (Å²) in [5.41, 5.74) is 0.0549. The molecule has 0 radical (unpaired) electrons. The van der Waals surface area contributed by atoms with Gasteiger partial charge < -0.3 is 4.74 Å². The van der Waals surface area contributed by atoms with Gasteiger partial charge in [-0.1, -0.05) is 24.6 Å². The fourth-order valence-corrected chi connectivity index (χ4v) is 4.23. The highest BCUT2D eigenvalue weighted by Crippen LogP contribution is 2.31. The monoisotopic (exact) mass is 327 g/mol. The van der Waals surface area contributed by atoms with E-state index >= 15 is 0 Å². The molecule has 0 amide bonds. The Morgan fingerprint density at radius 1 is 1.27 bits per heavy atom. The predicted molar refractivity (Wildman–Crippen MR) is 86.0 cm³/mol. The molecule has 124 valence electrons. The van der Waals surface area contributed by atoms with Gasteiger partial charge in [0, 0.05) is 13.1 Å². The minimum atomic E-state index is -3.67. The molecule has 1 unspecified atom stereocenters. The van der Waals surface area contributed by atoms with Crippen molar-refractivity contribution in [2.75, 3.05) is 14.2 Å². The summed E-state index contributed by atoms with van der Waals surface area (Å²) < 4.78 is 31.6. The molecule has 0 saturated heterocycles.